The van der Waals surface area contributed by atoms with Crippen LogP contribution in [0.4, 0.5) is 0 Å². The molecule has 1 aliphatic heterocycles. The number of halogens is 1. The highest BCUT2D eigenvalue weighted by Crippen LogP contribution is 2.28. The predicted molar refractivity (Wildman–Crippen MR) is 106 cm³/mol. The minimum absolute atomic E-state index is 0.0694. The highest BCUT2D eigenvalue weighted by atomic mass is 35.5. The first kappa shape index (κ1) is 18.3. The maximum atomic E-state index is 12.4. The Morgan fingerprint density at radius 2 is 2.00 bits per heavy atom. The molecule has 1 aliphatic rings. The van der Waals surface area contributed by atoms with Gasteiger partial charge in [-0.3, -0.25) is 4.79 Å². The van der Waals surface area contributed by atoms with Crippen molar-refractivity contribution in [3.8, 4) is 0 Å². The fraction of sp³-hybridized carbons (Fsp3) is 0.190. The van der Waals surface area contributed by atoms with Crippen molar-refractivity contribution in [1.29, 1.82) is 0 Å². The number of aryl methyl sites for hydroxylation is 1. The summed E-state index contributed by atoms with van der Waals surface area (Å²) >= 11 is 5.99. The van der Waals surface area contributed by atoms with Gasteiger partial charge in [0.05, 0.1) is 12.3 Å². The van der Waals surface area contributed by atoms with E-state index in [1.54, 1.807) is 25.1 Å². The molecule has 3 aromatic rings. The Hall–Kier alpha value is -3.12. The van der Waals surface area contributed by atoms with Crippen molar-refractivity contribution in [3.63, 3.8) is 0 Å². The van der Waals surface area contributed by atoms with Gasteiger partial charge in [0.2, 0.25) is 5.76 Å². The van der Waals surface area contributed by atoms with Crippen LogP contribution in [0.3, 0.4) is 0 Å². The summed E-state index contributed by atoms with van der Waals surface area (Å²) in [5.74, 6) is -0.999. The number of hydrogen-bond acceptors (Lipinski definition) is 5. The van der Waals surface area contributed by atoms with Gasteiger partial charge in [-0.2, -0.15) is 5.10 Å². The van der Waals surface area contributed by atoms with Crippen LogP contribution in [0.15, 0.2) is 58.0 Å². The second kappa shape index (κ2) is 7.48. The highest BCUT2D eigenvalue weighted by molar-refractivity contribution is 6.31. The number of carbonyl (C=O) groups is 2. The Kier molecular flexibility index (Phi) is 4.88. The van der Waals surface area contributed by atoms with E-state index in [1.165, 1.54) is 5.01 Å². The molecule has 0 bridgehead atoms. The van der Waals surface area contributed by atoms with Crippen LogP contribution in [0.2, 0.25) is 5.02 Å². The van der Waals surface area contributed by atoms with Crippen molar-refractivity contribution < 1.29 is 18.7 Å². The lowest BCUT2D eigenvalue weighted by Gasteiger charge is -2.11. The van der Waals surface area contributed by atoms with Crippen molar-refractivity contribution >= 4 is 40.2 Å². The van der Waals surface area contributed by atoms with Gasteiger partial charge in [0.1, 0.15) is 5.58 Å². The summed E-state index contributed by atoms with van der Waals surface area (Å²) in [6.45, 7) is 1.81. The normalized spacial score (nSPS) is 13.6. The number of hydrazone groups is 1. The summed E-state index contributed by atoms with van der Waals surface area (Å²) in [6.07, 6.45) is 0.660. The van der Waals surface area contributed by atoms with Crippen molar-refractivity contribution in [3.05, 3.63) is 70.4 Å². The molecular formula is C21H17ClN2O4. The van der Waals surface area contributed by atoms with Gasteiger partial charge >= 0.3 is 5.97 Å². The maximum Gasteiger partial charge on any atom is 0.375 e. The molecule has 6 nitrogen and oxygen atoms in total. The Labute approximate surface area is 166 Å². The quantitative estimate of drug-likeness (QED) is 0.620. The van der Waals surface area contributed by atoms with E-state index in [9.17, 15) is 9.59 Å². The van der Waals surface area contributed by atoms with E-state index in [2.05, 4.69) is 5.10 Å². The number of rotatable bonds is 4. The van der Waals surface area contributed by atoms with E-state index in [-0.39, 0.29) is 11.7 Å². The Balaban J connectivity index is 1.42. The third-order valence-corrected chi connectivity index (χ3v) is 4.84. The van der Waals surface area contributed by atoms with Crippen LogP contribution in [-0.4, -0.2) is 35.7 Å². The molecule has 0 saturated carbocycles. The highest BCUT2D eigenvalue weighted by Gasteiger charge is 2.24. The number of hydrogen-bond donors (Lipinski definition) is 0. The van der Waals surface area contributed by atoms with Gasteiger partial charge in [-0.1, -0.05) is 41.9 Å². The fourth-order valence-corrected chi connectivity index (χ4v) is 3.30. The number of carbonyl (C=O) groups excluding carboxylic acids is 2. The molecule has 0 fully saturated rings. The molecule has 2 heterocycles. The van der Waals surface area contributed by atoms with E-state index in [0.717, 1.165) is 16.7 Å². The molecule has 4 rings (SSSR count). The standard InChI is InChI=1S/C21H17ClN2O4/c1-13-16-11-15(22)7-8-18(16)28-20(13)21(26)27-12-19(25)24-10-9-17(23-24)14-5-3-2-4-6-14/h2-8,11H,9-10,12H2,1H3. The van der Waals surface area contributed by atoms with E-state index in [0.29, 0.717) is 29.1 Å². The van der Waals surface area contributed by atoms with Crippen LogP contribution >= 0.6 is 11.6 Å². The number of nitrogens with zero attached hydrogens (tertiary/aromatic N) is 2. The maximum absolute atomic E-state index is 12.4. The van der Waals surface area contributed by atoms with Crippen LogP contribution in [0.1, 0.15) is 28.1 Å². The van der Waals surface area contributed by atoms with Gasteiger partial charge < -0.3 is 9.15 Å². The van der Waals surface area contributed by atoms with Crippen LogP contribution in [0.25, 0.3) is 11.0 Å². The molecule has 1 aromatic heterocycles. The Morgan fingerprint density at radius 1 is 1.21 bits per heavy atom. The molecule has 0 aliphatic carbocycles. The summed E-state index contributed by atoms with van der Waals surface area (Å²) in [5, 5.41) is 6.96. The average molecular weight is 397 g/mol. The van der Waals surface area contributed by atoms with Crippen molar-refractivity contribution in [2.45, 2.75) is 13.3 Å². The molecule has 142 valence electrons. The third-order valence-electron chi connectivity index (χ3n) is 4.61. The molecule has 2 aromatic carbocycles. The topological polar surface area (TPSA) is 72.1 Å². The second-order valence-corrected chi connectivity index (χ2v) is 6.89. The summed E-state index contributed by atoms with van der Waals surface area (Å²) in [7, 11) is 0. The molecule has 0 unspecified atom stereocenters. The van der Waals surface area contributed by atoms with E-state index in [1.807, 2.05) is 30.3 Å². The first-order chi connectivity index (χ1) is 13.5. The molecule has 0 spiro atoms. The van der Waals surface area contributed by atoms with Crippen LogP contribution in [-0.2, 0) is 9.53 Å². The monoisotopic (exact) mass is 396 g/mol. The van der Waals surface area contributed by atoms with Crippen LogP contribution in [0.5, 0.6) is 0 Å². The molecule has 0 saturated heterocycles. The molecule has 1 amide bonds. The SMILES string of the molecule is Cc1c(C(=O)OCC(=O)N2CCC(c3ccccc3)=N2)oc2ccc(Cl)cc12. The lowest BCUT2D eigenvalue weighted by Crippen LogP contribution is -2.28. The predicted octanol–water partition coefficient (Wildman–Crippen LogP) is 4.19. The van der Waals surface area contributed by atoms with Crippen LogP contribution in [0, 0.1) is 6.92 Å². The van der Waals surface area contributed by atoms with E-state index in [4.69, 9.17) is 20.8 Å². The molecule has 7 heteroatoms. The number of benzene rings is 2. The summed E-state index contributed by atoms with van der Waals surface area (Å²) in [4.78, 5) is 24.7. The largest absolute Gasteiger partial charge is 0.450 e. The Bertz CT molecular complexity index is 1090. The lowest BCUT2D eigenvalue weighted by atomic mass is 10.1. The third kappa shape index (κ3) is 3.51. The molecule has 0 N–H and O–H groups in total. The zero-order chi connectivity index (χ0) is 19.7. The first-order valence-corrected chi connectivity index (χ1v) is 9.20. The van der Waals surface area contributed by atoms with E-state index < -0.39 is 12.6 Å². The minimum atomic E-state index is -0.690. The minimum Gasteiger partial charge on any atom is -0.450 e. The molecule has 28 heavy (non-hydrogen) atoms. The van der Waals surface area contributed by atoms with Gasteiger partial charge in [-0.05, 0) is 30.7 Å². The molecular weight excluding hydrogens is 380 g/mol. The number of amides is 1. The van der Waals surface area contributed by atoms with Gasteiger partial charge in [-0.15, -0.1) is 0 Å². The average Bonchev–Trinajstić information content (AvgIpc) is 3.32. The first-order valence-electron chi connectivity index (χ1n) is 8.82. The smallest absolute Gasteiger partial charge is 0.375 e. The Morgan fingerprint density at radius 3 is 2.79 bits per heavy atom. The number of esters is 1. The van der Waals surface area contributed by atoms with Gasteiger partial charge in [0.15, 0.2) is 6.61 Å². The number of ether oxygens (including phenoxy) is 1. The molecule has 0 atom stereocenters. The van der Waals surface area contributed by atoms with Gasteiger partial charge in [0, 0.05) is 22.4 Å². The summed E-state index contributed by atoms with van der Waals surface area (Å²) in [5.41, 5.74) is 2.98. The lowest BCUT2D eigenvalue weighted by molar-refractivity contribution is -0.134. The zero-order valence-electron chi connectivity index (χ0n) is 15.1. The van der Waals surface area contributed by atoms with Crippen molar-refractivity contribution in [1.82, 2.24) is 5.01 Å². The van der Waals surface area contributed by atoms with Crippen molar-refractivity contribution in [2.24, 2.45) is 5.10 Å². The van der Waals surface area contributed by atoms with Gasteiger partial charge in [0.25, 0.3) is 5.91 Å². The van der Waals surface area contributed by atoms with Crippen molar-refractivity contribution in [2.75, 3.05) is 13.2 Å². The zero-order valence-corrected chi connectivity index (χ0v) is 15.9. The summed E-state index contributed by atoms with van der Waals surface area (Å²) < 4.78 is 10.7. The van der Waals surface area contributed by atoms with Gasteiger partial charge in [-0.25, -0.2) is 9.80 Å². The molecule has 0 radical (unpaired) electrons. The fourth-order valence-electron chi connectivity index (χ4n) is 3.13. The second-order valence-electron chi connectivity index (χ2n) is 6.45. The summed E-state index contributed by atoms with van der Waals surface area (Å²) in [6, 6.07) is 14.8. The number of furan rings is 1. The van der Waals surface area contributed by atoms with Crippen LogP contribution < -0.4 is 0 Å². The number of fused-ring (bicyclic) bond motifs is 1. The van der Waals surface area contributed by atoms with E-state index >= 15 is 0 Å².